The molecular formula is C26H26ClN3O5. The van der Waals surface area contributed by atoms with Crippen molar-refractivity contribution in [3.05, 3.63) is 86.3 Å². The van der Waals surface area contributed by atoms with E-state index in [2.05, 4.69) is 10.2 Å². The maximum Gasteiger partial charge on any atom is 0.257 e. The lowest BCUT2D eigenvalue weighted by Crippen LogP contribution is -2.35. The zero-order chi connectivity index (χ0) is 24.5. The van der Waals surface area contributed by atoms with E-state index in [-0.39, 0.29) is 17.5 Å². The Morgan fingerprint density at radius 3 is 2.57 bits per heavy atom. The molecule has 0 saturated carbocycles. The first-order chi connectivity index (χ1) is 16.9. The van der Waals surface area contributed by atoms with Gasteiger partial charge >= 0.3 is 0 Å². The molecule has 8 nitrogen and oxygen atoms in total. The first-order valence-corrected chi connectivity index (χ1v) is 11.9. The van der Waals surface area contributed by atoms with Crippen molar-refractivity contribution in [2.24, 2.45) is 0 Å². The Morgan fingerprint density at radius 1 is 1.11 bits per heavy atom. The number of carbonyl (C=O) groups excluding carboxylic acids is 1. The number of nitrogens with one attached hydrogen (secondary N) is 1. The van der Waals surface area contributed by atoms with Crippen LogP contribution < -0.4 is 10.7 Å². The summed E-state index contributed by atoms with van der Waals surface area (Å²) in [5, 5.41) is 24.6. The molecule has 5 rings (SSSR count). The molecule has 1 aliphatic rings. The summed E-state index contributed by atoms with van der Waals surface area (Å²) in [6, 6.07) is 12.7. The third-order valence-electron chi connectivity index (χ3n) is 6.40. The molecule has 0 bridgehead atoms. The second-order valence-corrected chi connectivity index (χ2v) is 9.22. The largest absolute Gasteiger partial charge is 0.393 e. The highest BCUT2D eigenvalue weighted by atomic mass is 35.5. The molecule has 0 aliphatic carbocycles. The van der Waals surface area contributed by atoms with Gasteiger partial charge in [-0.15, -0.1) is 0 Å². The lowest BCUT2D eigenvalue weighted by atomic mass is 10.0. The van der Waals surface area contributed by atoms with Gasteiger partial charge in [0.2, 0.25) is 5.43 Å². The molecular weight excluding hydrogens is 470 g/mol. The van der Waals surface area contributed by atoms with E-state index < -0.39 is 18.6 Å². The number of aliphatic hydroxyl groups excluding tert-OH is 2. The van der Waals surface area contributed by atoms with Crippen LogP contribution in [0.5, 0.6) is 0 Å². The number of benzene rings is 2. The maximum atomic E-state index is 13.5. The second-order valence-electron chi connectivity index (χ2n) is 8.79. The standard InChI is InChI=1S/C26H26ClN3O5/c27-19-3-1-16(2-4-19)12-28-26(34)21-14-30-22(23(32)15-31)11-18-9-17(10-20(24(18)30)25(21)33)13-29-5-7-35-8-6-29/h1-4,9-11,14,23,31-32H,5-8,12-13,15H2,(H,28,34)/t23-/m1/s1. The van der Waals surface area contributed by atoms with Crippen molar-refractivity contribution in [3.63, 3.8) is 0 Å². The van der Waals surface area contributed by atoms with Crippen LogP contribution in [0.25, 0.3) is 16.3 Å². The van der Waals surface area contributed by atoms with Crippen LogP contribution in [0.2, 0.25) is 5.02 Å². The van der Waals surface area contributed by atoms with Gasteiger partial charge in [-0.3, -0.25) is 14.5 Å². The Balaban J connectivity index is 1.55. The predicted octanol–water partition coefficient (Wildman–Crippen LogP) is 2.33. The van der Waals surface area contributed by atoms with Crippen LogP contribution in [-0.2, 0) is 17.8 Å². The molecule has 1 aliphatic heterocycles. The lowest BCUT2D eigenvalue weighted by molar-refractivity contribution is 0.0342. The van der Waals surface area contributed by atoms with Crippen molar-refractivity contribution < 1.29 is 19.7 Å². The number of nitrogens with zero attached hydrogens (tertiary/aromatic N) is 2. The molecule has 35 heavy (non-hydrogen) atoms. The van der Waals surface area contributed by atoms with Gasteiger partial charge in [-0.25, -0.2) is 0 Å². The molecule has 1 fully saturated rings. The lowest BCUT2D eigenvalue weighted by Gasteiger charge is -2.26. The fraction of sp³-hybridized carbons (Fsp3) is 0.308. The summed E-state index contributed by atoms with van der Waals surface area (Å²) in [4.78, 5) is 28.8. The van der Waals surface area contributed by atoms with E-state index in [0.717, 1.165) is 29.6 Å². The number of pyridine rings is 1. The monoisotopic (exact) mass is 495 g/mol. The average Bonchev–Trinajstić information content (AvgIpc) is 3.24. The van der Waals surface area contributed by atoms with Gasteiger partial charge < -0.3 is 24.7 Å². The first kappa shape index (κ1) is 23.7. The summed E-state index contributed by atoms with van der Waals surface area (Å²) in [5.41, 5.74) is 2.43. The minimum atomic E-state index is -1.15. The van der Waals surface area contributed by atoms with Crippen LogP contribution in [0.15, 0.2) is 53.5 Å². The Hall–Kier alpha value is -3.01. The van der Waals surface area contributed by atoms with Gasteiger partial charge in [0.15, 0.2) is 0 Å². The molecule has 0 unspecified atom stereocenters. The van der Waals surface area contributed by atoms with Gasteiger partial charge in [0.1, 0.15) is 11.7 Å². The summed E-state index contributed by atoms with van der Waals surface area (Å²) in [7, 11) is 0. The molecule has 3 heterocycles. The SMILES string of the molecule is O=C(NCc1ccc(Cl)cc1)c1cn2c([C@H](O)CO)cc3cc(CN4CCOCC4)cc(c1=O)c32. The molecule has 3 N–H and O–H groups in total. The van der Waals surface area contributed by atoms with E-state index in [1.165, 1.54) is 6.20 Å². The minimum absolute atomic E-state index is 0.0288. The number of halogens is 1. The van der Waals surface area contributed by atoms with E-state index in [0.29, 0.717) is 41.4 Å². The number of aromatic nitrogens is 1. The Labute approximate surface area is 206 Å². The number of morpholine rings is 1. The number of hydrogen-bond acceptors (Lipinski definition) is 6. The van der Waals surface area contributed by atoms with E-state index in [1.807, 2.05) is 12.1 Å². The smallest absolute Gasteiger partial charge is 0.257 e. The molecule has 1 saturated heterocycles. The van der Waals surface area contributed by atoms with E-state index in [4.69, 9.17) is 16.3 Å². The topological polar surface area (TPSA) is 104 Å². The zero-order valence-corrected chi connectivity index (χ0v) is 19.8. The van der Waals surface area contributed by atoms with Gasteiger partial charge in [-0.1, -0.05) is 23.7 Å². The number of aliphatic hydroxyl groups is 2. The van der Waals surface area contributed by atoms with E-state index in [9.17, 15) is 19.8 Å². The molecule has 2 aromatic heterocycles. The molecule has 1 atom stereocenters. The Morgan fingerprint density at radius 2 is 1.86 bits per heavy atom. The predicted molar refractivity (Wildman–Crippen MR) is 133 cm³/mol. The van der Waals surface area contributed by atoms with Crippen molar-refractivity contribution >= 4 is 33.8 Å². The molecule has 182 valence electrons. The first-order valence-electron chi connectivity index (χ1n) is 11.5. The molecule has 1 amide bonds. The molecule has 0 spiro atoms. The van der Waals surface area contributed by atoms with Crippen LogP contribution in [0.3, 0.4) is 0 Å². The van der Waals surface area contributed by atoms with Crippen molar-refractivity contribution in [2.75, 3.05) is 32.9 Å². The molecule has 0 radical (unpaired) electrons. The maximum absolute atomic E-state index is 13.5. The summed E-state index contributed by atoms with van der Waals surface area (Å²) in [6.45, 7) is 3.33. The van der Waals surface area contributed by atoms with Crippen LogP contribution in [0.4, 0.5) is 0 Å². The Bertz CT molecular complexity index is 1410. The van der Waals surface area contributed by atoms with Gasteiger partial charge in [-0.2, -0.15) is 0 Å². The van der Waals surface area contributed by atoms with Gasteiger partial charge in [-0.05, 0) is 41.5 Å². The third kappa shape index (κ3) is 4.76. The quantitative estimate of drug-likeness (QED) is 0.363. The third-order valence-corrected chi connectivity index (χ3v) is 6.66. The summed E-state index contributed by atoms with van der Waals surface area (Å²) >= 11 is 5.93. The molecule has 9 heteroatoms. The Kier molecular flexibility index (Phi) is 6.73. The van der Waals surface area contributed by atoms with Gasteiger partial charge in [0, 0.05) is 48.2 Å². The summed E-state index contributed by atoms with van der Waals surface area (Å²) in [5.74, 6) is -0.513. The van der Waals surface area contributed by atoms with Crippen molar-refractivity contribution in [1.82, 2.24) is 14.6 Å². The van der Waals surface area contributed by atoms with Crippen LogP contribution in [0, 0.1) is 0 Å². The van der Waals surface area contributed by atoms with Gasteiger partial charge in [0.25, 0.3) is 5.91 Å². The highest BCUT2D eigenvalue weighted by molar-refractivity contribution is 6.30. The van der Waals surface area contributed by atoms with Crippen LogP contribution >= 0.6 is 11.6 Å². The van der Waals surface area contributed by atoms with Gasteiger partial charge in [0.05, 0.1) is 31.0 Å². The highest BCUT2D eigenvalue weighted by Crippen LogP contribution is 2.29. The normalized spacial score (nSPS) is 15.6. The second kappa shape index (κ2) is 9.93. The van der Waals surface area contributed by atoms with Crippen molar-refractivity contribution in [1.29, 1.82) is 0 Å². The van der Waals surface area contributed by atoms with Crippen molar-refractivity contribution in [2.45, 2.75) is 19.2 Å². The molecule has 2 aromatic carbocycles. The molecule has 4 aromatic rings. The minimum Gasteiger partial charge on any atom is -0.393 e. The van der Waals surface area contributed by atoms with E-state index in [1.54, 1.807) is 34.7 Å². The number of ether oxygens (including phenoxy) is 1. The number of amides is 1. The average molecular weight is 496 g/mol. The fourth-order valence-corrected chi connectivity index (χ4v) is 4.73. The van der Waals surface area contributed by atoms with Crippen LogP contribution in [-0.4, -0.2) is 58.3 Å². The fourth-order valence-electron chi connectivity index (χ4n) is 4.60. The number of rotatable bonds is 7. The number of hydrogen-bond donors (Lipinski definition) is 3. The van der Waals surface area contributed by atoms with Crippen molar-refractivity contribution in [3.8, 4) is 0 Å². The summed E-state index contributed by atoms with van der Waals surface area (Å²) < 4.78 is 7.07. The van der Waals surface area contributed by atoms with E-state index >= 15 is 0 Å². The highest BCUT2D eigenvalue weighted by Gasteiger charge is 2.22. The number of carbonyl (C=O) groups is 1. The zero-order valence-electron chi connectivity index (χ0n) is 19.0. The summed E-state index contributed by atoms with van der Waals surface area (Å²) in [6.07, 6.45) is 0.297. The van der Waals surface area contributed by atoms with Crippen LogP contribution in [0.1, 0.15) is 33.3 Å².